The standard InChI is InChI=1S/C22H24ClNO3/c1-3-15(2)17-7-4-5-8-19(17)24-21(25)10-9-16-13-18(23)22-20(14-16)26-11-6-12-27-22/h4-5,7-10,13-15H,3,6,11-12H2,1-2H3,(H,24,25)/b10-9+. The first-order chi connectivity index (χ1) is 13.1. The Labute approximate surface area is 165 Å². The van der Waals surface area contributed by atoms with Crippen molar-refractivity contribution in [3.8, 4) is 11.5 Å². The summed E-state index contributed by atoms with van der Waals surface area (Å²) in [6.07, 6.45) is 5.05. The monoisotopic (exact) mass is 385 g/mol. The number of carbonyl (C=O) groups is 1. The summed E-state index contributed by atoms with van der Waals surface area (Å²) in [4.78, 5) is 12.4. The third kappa shape index (κ3) is 4.83. The zero-order valence-corrected chi connectivity index (χ0v) is 16.4. The van der Waals surface area contributed by atoms with Crippen LogP contribution in [0.2, 0.25) is 5.02 Å². The van der Waals surface area contributed by atoms with Crippen LogP contribution in [-0.2, 0) is 4.79 Å². The maximum atomic E-state index is 12.4. The number of anilines is 1. The molecule has 1 aliphatic rings. The van der Waals surface area contributed by atoms with E-state index in [0.717, 1.165) is 29.7 Å². The molecule has 1 amide bonds. The normalized spacial score (nSPS) is 14.6. The summed E-state index contributed by atoms with van der Waals surface area (Å²) < 4.78 is 11.3. The van der Waals surface area contributed by atoms with Crippen LogP contribution in [0.25, 0.3) is 6.08 Å². The summed E-state index contributed by atoms with van der Waals surface area (Å²) in [5, 5.41) is 3.45. The van der Waals surface area contributed by atoms with Crippen LogP contribution < -0.4 is 14.8 Å². The highest BCUT2D eigenvalue weighted by Gasteiger charge is 2.15. The highest BCUT2D eigenvalue weighted by atomic mass is 35.5. The van der Waals surface area contributed by atoms with Crippen molar-refractivity contribution in [3.63, 3.8) is 0 Å². The molecule has 1 heterocycles. The molecular formula is C22H24ClNO3. The zero-order chi connectivity index (χ0) is 19.2. The van der Waals surface area contributed by atoms with Crippen LogP contribution in [0.15, 0.2) is 42.5 Å². The molecule has 2 aromatic rings. The van der Waals surface area contributed by atoms with E-state index in [1.165, 1.54) is 6.08 Å². The molecule has 0 aromatic heterocycles. The van der Waals surface area contributed by atoms with Gasteiger partial charge in [-0.25, -0.2) is 0 Å². The van der Waals surface area contributed by atoms with Crippen molar-refractivity contribution < 1.29 is 14.3 Å². The Morgan fingerprint density at radius 1 is 1.26 bits per heavy atom. The Morgan fingerprint density at radius 3 is 2.85 bits per heavy atom. The van der Waals surface area contributed by atoms with Gasteiger partial charge in [-0.2, -0.15) is 0 Å². The number of ether oxygens (including phenoxy) is 2. The van der Waals surface area contributed by atoms with E-state index in [2.05, 4.69) is 25.2 Å². The quantitative estimate of drug-likeness (QED) is 0.675. The van der Waals surface area contributed by atoms with E-state index < -0.39 is 0 Å². The molecule has 142 valence electrons. The molecule has 27 heavy (non-hydrogen) atoms. The molecule has 0 bridgehead atoms. The third-order valence-corrected chi connectivity index (χ3v) is 4.89. The van der Waals surface area contributed by atoms with Crippen molar-refractivity contribution in [1.82, 2.24) is 0 Å². The van der Waals surface area contributed by atoms with E-state index in [0.29, 0.717) is 35.7 Å². The minimum absolute atomic E-state index is 0.186. The molecule has 4 nitrogen and oxygen atoms in total. The Hall–Kier alpha value is -2.46. The van der Waals surface area contributed by atoms with Gasteiger partial charge in [-0.1, -0.05) is 43.6 Å². The lowest BCUT2D eigenvalue weighted by Crippen LogP contribution is -2.10. The van der Waals surface area contributed by atoms with Gasteiger partial charge in [0.15, 0.2) is 11.5 Å². The Morgan fingerprint density at radius 2 is 2.04 bits per heavy atom. The second-order valence-electron chi connectivity index (χ2n) is 6.60. The molecule has 0 fully saturated rings. The lowest BCUT2D eigenvalue weighted by atomic mass is 9.97. The van der Waals surface area contributed by atoms with Crippen molar-refractivity contribution in [2.24, 2.45) is 0 Å². The summed E-state index contributed by atoms with van der Waals surface area (Å²) in [7, 11) is 0. The van der Waals surface area contributed by atoms with Crippen LogP contribution >= 0.6 is 11.6 Å². The van der Waals surface area contributed by atoms with Crippen LogP contribution in [0.4, 0.5) is 5.69 Å². The van der Waals surface area contributed by atoms with Crippen LogP contribution in [0.5, 0.6) is 11.5 Å². The third-order valence-electron chi connectivity index (χ3n) is 4.61. The van der Waals surface area contributed by atoms with Crippen molar-refractivity contribution in [2.45, 2.75) is 32.6 Å². The van der Waals surface area contributed by atoms with E-state index in [4.69, 9.17) is 21.1 Å². The Bertz CT molecular complexity index is 847. The number of nitrogens with one attached hydrogen (secondary N) is 1. The zero-order valence-electron chi connectivity index (χ0n) is 15.6. The largest absolute Gasteiger partial charge is 0.489 e. The Kier molecular flexibility index (Phi) is 6.40. The minimum Gasteiger partial charge on any atom is -0.489 e. The number of hydrogen-bond donors (Lipinski definition) is 1. The fourth-order valence-electron chi connectivity index (χ4n) is 2.95. The van der Waals surface area contributed by atoms with E-state index in [9.17, 15) is 4.79 Å². The molecule has 3 rings (SSSR count). The van der Waals surface area contributed by atoms with Gasteiger partial charge in [-0.3, -0.25) is 4.79 Å². The van der Waals surface area contributed by atoms with E-state index in [1.807, 2.05) is 24.3 Å². The average molecular weight is 386 g/mol. The Balaban J connectivity index is 1.74. The van der Waals surface area contributed by atoms with Crippen LogP contribution in [-0.4, -0.2) is 19.1 Å². The maximum absolute atomic E-state index is 12.4. The lowest BCUT2D eigenvalue weighted by Gasteiger charge is -2.14. The molecule has 1 unspecified atom stereocenters. The molecule has 1 aliphatic heterocycles. The SMILES string of the molecule is CCC(C)c1ccccc1NC(=O)/C=C/c1cc(Cl)c2c(c1)OCCCO2. The second-order valence-corrected chi connectivity index (χ2v) is 7.01. The van der Waals surface area contributed by atoms with Gasteiger partial charge in [-0.05, 0) is 47.7 Å². The van der Waals surface area contributed by atoms with Gasteiger partial charge in [0.05, 0.1) is 18.2 Å². The molecule has 1 atom stereocenters. The molecular weight excluding hydrogens is 362 g/mol. The van der Waals surface area contributed by atoms with Crippen molar-refractivity contribution in [2.75, 3.05) is 18.5 Å². The predicted octanol–water partition coefficient (Wildman–Crippen LogP) is 5.67. The fourth-order valence-corrected chi connectivity index (χ4v) is 3.23. The smallest absolute Gasteiger partial charge is 0.248 e. The van der Waals surface area contributed by atoms with Gasteiger partial charge in [0, 0.05) is 18.2 Å². The topological polar surface area (TPSA) is 47.6 Å². The summed E-state index contributed by atoms with van der Waals surface area (Å²) >= 11 is 6.30. The maximum Gasteiger partial charge on any atom is 0.248 e. The van der Waals surface area contributed by atoms with Crippen LogP contribution in [0.1, 0.15) is 43.7 Å². The molecule has 0 spiro atoms. The number of fused-ring (bicyclic) bond motifs is 1. The molecule has 1 N–H and O–H groups in total. The van der Waals surface area contributed by atoms with Crippen molar-refractivity contribution >= 4 is 29.3 Å². The fraction of sp³-hybridized carbons (Fsp3) is 0.318. The van der Waals surface area contributed by atoms with Crippen molar-refractivity contribution in [3.05, 3.63) is 58.6 Å². The van der Waals surface area contributed by atoms with Crippen LogP contribution in [0.3, 0.4) is 0 Å². The number of amides is 1. The lowest BCUT2D eigenvalue weighted by molar-refractivity contribution is -0.111. The van der Waals surface area contributed by atoms with E-state index in [-0.39, 0.29) is 5.91 Å². The molecule has 0 aliphatic carbocycles. The van der Waals surface area contributed by atoms with Gasteiger partial charge in [0.1, 0.15) is 0 Å². The first kappa shape index (κ1) is 19.3. The molecule has 2 aromatic carbocycles. The minimum atomic E-state index is -0.186. The average Bonchev–Trinajstić information content (AvgIpc) is 2.92. The summed E-state index contributed by atoms with van der Waals surface area (Å²) in [5.74, 6) is 1.38. The number of rotatable bonds is 5. The number of carbonyl (C=O) groups excluding carboxylic acids is 1. The summed E-state index contributed by atoms with van der Waals surface area (Å²) in [6, 6.07) is 11.5. The van der Waals surface area contributed by atoms with Crippen molar-refractivity contribution in [1.29, 1.82) is 0 Å². The first-order valence-electron chi connectivity index (χ1n) is 9.25. The highest BCUT2D eigenvalue weighted by Crippen LogP contribution is 2.38. The number of para-hydroxylation sites is 1. The first-order valence-corrected chi connectivity index (χ1v) is 9.63. The van der Waals surface area contributed by atoms with Gasteiger partial charge in [0.25, 0.3) is 0 Å². The van der Waals surface area contributed by atoms with E-state index >= 15 is 0 Å². The molecule has 0 saturated carbocycles. The highest BCUT2D eigenvalue weighted by molar-refractivity contribution is 6.32. The van der Waals surface area contributed by atoms with Gasteiger partial charge in [0.2, 0.25) is 5.91 Å². The van der Waals surface area contributed by atoms with Gasteiger partial charge < -0.3 is 14.8 Å². The van der Waals surface area contributed by atoms with E-state index in [1.54, 1.807) is 12.1 Å². The number of benzene rings is 2. The molecule has 5 heteroatoms. The second kappa shape index (κ2) is 8.96. The van der Waals surface area contributed by atoms with Crippen LogP contribution in [0, 0.1) is 0 Å². The number of hydrogen-bond acceptors (Lipinski definition) is 3. The predicted molar refractivity (Wildman–Crippen MR) is 110 cm³/mol. The summed E-state index contributed by atoms with van der Waals surface area (Å²) in [5.41, 5.74) is 2.77. The molecule has 0 saturated heterocycles. The van der Waals surface area contributed by atoms with Gasteiger partial charge >= 0.3 is 0 Å². The summed E-state index contributed by atoms with van der Waals surface area (Å²) in [6.45, 7) is 5.46. The number of halogens is 1. The molecule has 0 radical (unpaired) electrons. The van der Waals surface area contributed by atoms with Gasteiger partial charge in [-0.15, -0.1) is 0 Å².